The summed E-state index contributed by atoms with van der Waals surface area (Å²) in [4.78, 5) is 2.31. The molecule has 0 unspecified atom stereocenters. The van der Waals surface area contributed by atoms with E-state index in [1.165, 1.54) is 4.31 Å². The highest BCUT2D eigenvalue weighted by molar-refractivity contribution is 7.89. The van der Waals surface area contributed by atoms with E-state index >= 15 is 0 Å². The van der Waals surface area contributed by atoms with Gasteiger partial charge in [0.05, 0.1) is 4.90 Å². The normalized spacial score (nSPS) is 15.7. The topological polar surface area (TPSA) is 52.7 Å². The molecular formula is C18H20ClN3O2S2. The first-order valence-electron chi connectivity index (χ1n) is 8.24. The van der Waals surface area contributed by atoms with Crippen molar-refractivity contribution in [3.8, 4) is 0 Å². The number of aryl methyl sites for hydroxylation is 1. The van der Waals surface area contributed by atoms with Gasteiger partial charge in [0.15, 0.2) is 5.11 Å². The highest BCUT2D eigenvalue weighted by Crippen LogP contribution is 2.19. The van der Waals surface area contributed by atoms with Gasteiger partial charge in [-0.25, -0.2) is 8.42 Å². The summed E-state index contributed by atoms with van der Waals surface area (Å²) in [5.41, 5.74) is 1.89. The predicted octanol–water partition coefficient (Wildman–Crippen LogP) is 3.35. The van der Waals surface area contributed by atoms with Gasteiger partial charge < -0.3 is 10.2 Å². The van der Waals surface area contributed by atoms with Crippen LogP contribution in [0.1, 0.15) is 5.56 Å². The molecule has 1 aliphatic rings. The fraction of sp³-hybridized carbons (Fsp3) is 0.278. The molecule has 2 aromatic rings. The van der Waals surface area contributed by atoms with Crippen molar-refractivity contribution in [2.75, 3.05) is 31.5 Å². The number of thiocarbonyl (C=S) groups is 1. The second-order valence-corrected chi connectivity index (χ2v) is 8.90. The molecule has 0 radical (unpaired) electrons. The first-order valence-corrected chi connectivity index (χ1v) is 10.5. The molecular weight excluding hydrogens is 390 g/mol. The lowest BCUT2D eigenvalue weighted by atomic mass is 10.2. The summed E-state index contributed by atoms with van der Waals surface area (Å²) in [6.07, 6.45) is 0. The van der Waals surface area contributed by atoms with Crippen LogP contribution in [0.5, 0.6) is 0 Å². The minimum Gasteiger partial charge on any atom is -0.346 e. The van der Waals surface area contributed by atoms with Gasteiger partial charge in [-0.2, -0.15) is 4.31 Å². The van der Waals surface area contributed by atoms with Gasteiger partial charge in [0, 0.05) is 36.9 Å². The van der Waals surface area contributed by atoms with E-state index in [1.54, 1.807) is 24.3 Å². The van der Waals surface area contributed by atoms with E-state index in [-0.39, 0.29) is 0 Å². The van der Waals surface area contributed by atoms with Crippen LogP contribution in [-0.4, -0.2) is 48.9 Å². The van der Waals surface area contributed by atoms with Crippen molar-refractivity contribution in [3.05, 3.63) is 59.1 Å². The molecule has 1 heterocycles. The summed E-state index contributed by atoms with van der Waals surface area (Å²) in [7, 11) is -3.46. The van der Waals surface area contributed by atoms with Gasteiger partial charge in [-0.15, -0.1) is 0 Å². The molecule has 3 rings (SSSR count). The van der Waals surface area contributed by atoms with Crippen molar-refractivity contribution in [2.45, 2.75) is 11.8 Å². The second-order valence-electron chi connectivity index (χ2n) is 6.14. The lowest BCUT2D eigenvalue weighted by molar-refractivity contribution is 0.268. The summed E-state index contributed by atoms with van der Waals surface area (Å²) in [5, 5.41) is 4.41. The molecule has 1 fully saturated rings. The van der Waals surface area contributed by atoms with Crippen LogP contribution < -0.4 is 5.32 Å². The van der Waals surface area contributed by atoms with Crippen molar-refractivity contribution >= 4 is 44.6 Å². The van der Waals surface area contributed by atoms with Crippen molar-refractivity contribution in [2.24, 2.45) is 0 Å². The summed E-state index contributed by atoms with van der Waals surface area (Å²) in [5.74, 6) is 0. The first-order chi connectivity index (χ1) is 12.4. The number of sulfonamides is 1. The Kier molecular flexibility index (Phi) is 5.82. The minimum atomic E-state index is -3.46. The SMILES string of the molecule is Cc1ccc(S(=O)(=O)N2CCN(C(=S)Nc3ccc(Cl)cc3)CC2)cc1. The van der Waals surface area contributed by atoms with Crippen LogP contribution in [0.15, 0.2) is 53.4 Å². The highest BCUT2D eigenvalue weighted by atomic mass is 35.5. The fourth-order valence-corrected chi connectivity index (χ4v) is 4.58. The Morgan fingerprint density at radius 2 is 1.58 bits per heavy atom. The van der Waals surface area contributed by atoms with Crippen LogP contribution in [-0.2, 0) is 10.0 Å². The lowest BCUT2D eigenvalue weighted by Gasteiger charge is -2.35. The maximum atomic E-state index is 12.7. The zero-order chi connectivity index (χ0) is 18.7. The van der Waals surface area contributed by atoms with Gasteiger partial charge in [0.25, 0.3) is 0 Å². The van der Waals surface area contributed by atoms with Crippen molar-refractivity contribution in [1.29, 1.82) is 0 Å². The second kappa shape index (κ2) is 7.92. The third kappa shape index (κ3) is 4.35. The standard InChI is InChI=1S/C18H20ClN3O2S2/c1-14-2-8-17(9-3-14)26(23,24)22-12-10-21(11-13-22)18(25)20-16-6-4-15(19)5-7-16/h2-9H,10-13H2,1H3,(H,20,25). The Hall–Kier alpha value is -1.67. The van der Waals surface area contributed by atoms with E-state index < -0.39 is 10.0 Å². The third-order valence-corrected chi connectivity index (χ3v) is 6.81. The first kappa shape index (κ1) is 19.1. The number of nitrogens with one attached hydrogen (secondary N) is 1. The molecule has 0 spiro atoms. The van der Waals surface area contributed by atoms with Crippen molar-refractivity contribution in [3.63, 3.8) is 0 Å². The van der Waals surface area contributed by atoms with Crippen LogP contribution in [0, 0.1) is 6.92 Å². The quantitative estimate of drug-likeness (QED) is 0.788. The van der Waals surface area contributed by atoms with Gasteiger partial charge in [0.1, 0.15) is 0 Å². The molecule has 138 valence electrons. The molecule has 26 heavy (non-hydrogen) atoms. The molecule has 1 aliphatic heterocycles. The Morgan fingerprint density at radius 1 is 1.00 bits per heavy atom. The zero-order valence-electron chi connectivity index (χ0n) is 14.4. The van der Waals surface area contributed by atoms with Crippen molar-refractivity contribution < 1.29 is 8.42 Å². The van der Waals surface area contributed by atoms with E-state index in [1.807, 2.05) is 36.1 Å². The number of halogens is 1. The zero-order valence-corrected chi connectivity index (χ0v) is 16.7. The Labute approximate surface area is 164 Å². The Balaban J connectivity index is 1.60. The molecule has 0 aromatic heterocycles. The van der Waals surface area contributed by atoms with Crippen LogP contribution in [0.4, 0.5) is 5.69 Å². The molecule has 8 heteroatoms. The van der Waals surface area contributed by atoms with E-state index in [2.05, 4.69) is 5.32 Å². The van der Waals surface area contributed by atoms with Gasteiger partial charge in [-0.1, -0.05) is 29.3 Å². The van der Waals surface area contributed by atoms with E-state index in [4.69, 9.17) is 23.8 Å². The van der Waals surface area contributed by atoms with Crippen LogP contribution in [0.2, 0.25) is 5.02 Å². The van der Waals surface area contributed by atoms with Gasteiger partial charge >= 0.3 is 0 Å². The predicted molar refractivity (Wildman–Crippen MR) is 109 cm³/mol. The number of nitrogens with zero attached hydrogens (tertiary/aromatic N) is 2. The van der Waals surface area contributed by atoms with Gasteiger partial charge in [0.2, 0.25) is 10.0 Å². The van der Waals surface area contributed by atoms with Crippen LogP contribution in [0.25, 0.3) is 0 Å². The largest absolute Gasteiger partial charge is 0.346 e. The summed E-state index contributed by atoms with van der Waals surface area (Å²) >= 11 is 11.3. The average molecular weight is 410 g/mol. The number of hydrogen-bond acceptors (Lipinski definition) is 3. The van der Waals surface area contributed by atoms with Crippen LogP contribution in [0.3, 0.4) is 0 Å². The number of anilines is 1. The molecule has 0 amide bonds. The van der Waals surface area contributed by atoms with Gasteiger partial charge in [-0.05, 0) is 55.5 Å². The monoisotopic (exact) mass is 409 g/mol. The molecule has 5 nitrogen and oxygen atoms in total. The lowest BCUT2D eigenvalue weighted by Crippen LogP contribution is -2.51. The highest BCUT2D eigenvalue weighted by Gasteiger charge is 2.29. The maximum absolute atomic E-state index is 12.7. The minimum absolute atomic E-state index is 0.332. The molecule has 1 saturated heterocycles. The molecule has 1 N–H and O–H groups in total. The number of piperazine rings is 1. The maximum Gasteiger partial charge on any atom is 0.243 e. The number of rotatable bonds is 3. The number of hydrogen-bond donors (Lipinski definition) is 1. The molecule has 0 atom stereocenters. The van der Waals surface area contributed by atoms with E-state index in [0.29, 0.717) is 41.2 Å². The number of benzene rings is 2. The average Bonchev–Trinajstić information content (AvgIpc) is 2.64. The molecule has 0 saturated carbocycles. The summed E-state index contributed by atoms with van der Waals surface area (Å²) in [6, 6.07) is 14.2. The smallest absolute Gasteiger partial charge is 0.243 e. The molecule has 0 bridgehead atoms. The van der Waals surface area contributed by atoms with Crippen molar-refractivity contribution in [1.82, 2.24) is 9.21 Å². The Bertz CT molecular complexity index is 876. The summed E-state index contributed by atoms with van der Waals surface area (Å²) < 4.78 is 27.0. The molecule has 0 aliphatic carbocycles. The van der Waals surface area contributed by atoms with E-state index in [9.17, 15) is 8.42 Å². The fourth-order valence-electron chi connectivity index (χ4n) is 2.73. The van der Waals surface area contributed by atoms with Gasteiger partial charge in [-0.3, -0.25) is 0 Å². The van der Waals surface area contributed by atoms with Crippen LogP contribution >= 0.6 is 23.8 Å². The van der Waals surface area contributed by atoms with E-state index in [0.717, 1.165) is 11.3 Å². The Morgan fingerprint density at radius 3 is 2.15 bits per heavy atom. The third-order valence-electron chi connectivity index (χ3n) is 4.28. The molecule has 2 aromatic carbocycles. The summed E-state index contributed by atoms with van der Waals surface area (Å²) in [6.45, 7) is 3.83.